The number of benzene rings is 2. The Labute approximate surface area is 158 Å². The minimum Gasteiger partial charge on any atom is -0.370 e. The molecule has 1 aliphatic rings. The quantitative estimate of drug-likeness (QED) is 0.700. The van der Waals surface area contributed by atoms with Gasteiger partial charge in [-0.1, -0.05) is 35.9 Å². The van der Waals surface area contributed by atoms with Crippen molar-refractivity contribution >= 4 is 16.9 Å². The molecule has 1 fully saturated rings. The highest BCUT2D eigenvalue weighted by molar-refractivity contribution is 5.92. The van der Waals surface area contributed by atoms with Crippen LogP contribution in [0.1, 0.15) is 40.3 Å². The van der Waals surface area contributed by atoms with Crippen molar-refractivity contribution in [3.8, 4) is 0 Å². The lowest BCUT2D eigenvalue weighted by Crippen LogP contribution is -2.48. The first-order valence-corrected chi connectivity index (χ1v) is 9.12. The number of morpholine rings is 1. The van der Waals surface area contributed by atoms with Crippen molar-refractivity contribution in [2.75, 3.05) is 13.2 Å². The van der Waals surface area contributed by atoms with E-state index in [-0.39, 0.29) is 23.9 Å². The maximum absolute atomic E-state index is 13.1. The third-order valence-corrected chi connectivity index (χ3v) is 5.03. The van der Waals surface area contributed by atoms with Gasteiger partial charge in [0.15, 0.2) is 0 Å². The van der Waals surface area contributed by atoms with Crippen molar-refractivity contribution in [2.45, 2.75) is 32.9 Å². The van der Waals surface area contributed by atoms with Crippen molar-refractivity contribution < 1.29 is 9.53 Å². The van der Waals surface area contributed by atoms with E-state index in [1.54, 1.807) is 4.90 Å². The van der Waals surface area contributed by atoms with E-state index in [0.29, 0.717) is 24.2 Å². The molecule has 1 aliphatic heterocycles. The third kappa shape index (κ3) is 3.40. The number of hydrogen-bond donors (Lipinski definition) is 0. The number of rotatable bonds is 2. The number of aryl methyl sites for hydroxylation is 2. The van der Waals surface area contributed by atoms with Gasteiger partial charge in [-0.15, -0.1) is 10.2 Å². The van der Waals surface area contributed by atoms with Gasteiger partial charge in [-0.2, -0.15) is 0 Å². The van der Waals surface area contributed by atoms with Gasteiger partial charge >= 0.3 is 0 Å². The number of hydrogen-bond acceptors (Lipinski definition) is 5. The molecule has 0 bridgehead atoms. The molecule has 0 radical (unpaired) electrons. The summed E-state index contributed by atoms with van der Waals surface area (Å²) in [6.07, 6.45) is -0.154. The summed E-state index contributed by atoms with van der Waals surface area (Å²) in [5, 5.41) is 8.19. The number of aromatic nitrogens is 3. The Hall–Kier alpha value is -2.86. The van der Waals surface area contributed by atoms with E-state index in [1.807, 2.05) is 31.2 Å². The molecule has 1 saturated heterocycles. The van der Waals surface area contributed by atoms with Crippen LogP contribution in [-0.4, -0.2) is 45.2 Å². The van der Waals surface area contributed by atoms with Gasteiger partial charge < -0.3 is 9.64 Å². The Bertz CT molecular complexity index is 1000. The zero-order valence-electron chi connectivity index (χ0n) is 15.7. The molecule has 2 aromatic carbocycles. The lowest BCUT2D eigenvalue weighted by molar-refractivity contribution is -0.0493. The second kappa shape index (κ2) is 7.04. The summed E-state index contributed by atoms with van der Waals surface area (Å²) in [6, 6.07) is 13.7. The van der Waals surface area contributed by atoms with Crippen LogP contribution in [0.25, 0.3) is 11.0 Å². The number of ether oxygens (including phenoxy) is 1. The fourth-order valence-corrected chi connectivity index (χ4v) is 3.43. The Balaban J connectivity index is 1.62. The summed E-state index contributed by atoms with van der Waals surface area (Å²) in [5.74, 6) is -0.0819. The normalized spacial score (nSPS) is 20.0. The van der Waals surface area contributed by atoms with Crippen LogP contribution < -0.4 is 0 Å². The third-order valence-electron chi connectivity index (χ3n) is 5.03. The Morgan fingerprint density at radius 1 is 1.11 bits per heavy atom. The van der Waals surface area contributed by atoms with Gasteiger partial charge in [-0.05, 0) is 44.0 Å². The average molecular weight is 362 g/mol. The van der Waals surface area contributed by atoms with E-state index in [1.165, 1.54) is 5.56 Å². The van der Waals surface area contributed by atoms with Crippen LogP contribution in [-0.2, 0) is 4.74 Å². The smallest absolute Gasteiger partial charge is 0.293 e. The molecule has 1 amide bonds. The molecule has 138 valence electrons. The SMILES string of the molecule is Cc1ccc(C)c([C@@H]2CN(C(=O)c3nnc4ccccc4n3)[C@H](C)CO2)c1. The summed E-state index contributed by atoms with van der Waals surface area (Å²) in [4.78, 5) is 19.3. The van der Waals surface area contributed by atoms with Crippen LogP contribution in [0.15, 0.2) is 42.5 Å². The molecular formula is C21H22N4O2. The molecule has 1 aromatic heterocycles. The zero-order chi connectivity index (χ0) is 19.0. The van der Waals surface area contributed by atoms with Gasteiger partial charge in [-0.25, -0.2) is 4.98 Å². The molecule has 2 heterocycles. The van der Waals surface area contributed by atoms with Crippen LogP contribution >= 0.6 is 0 Å². The van der Waals surface area contributed by atoms with Crippen molar-refractivity contribution in [2.24, 2.45) is 0 Å². The Kier molecular flexibility index (Phi) is 4.58. The molecule has 4 rings (SSSR count). The van der Waals surface area contributed by atoms with Gasteiger partial charge in [0.2, 0.25) is 5.82 Å². The predicted molar refractivity (Wildman–Crippen MR) is 102 cm³/mol. The number of carbonyl (C=O) groups is 1. The molecule has 2 atom stereocenters. The van der Waals surface area contributed by atoms with Crippen LogP contribution in [0.4, 0.5) is 0 Å². The molecule has 0 spiro atoms. The van der Waals surface area contributed by atoms with Crippen LogP contribution in [0.3, 0.4) is 0 Å². The molecule has 0 N–H and O–H groups in total. The second-order valence-electron chi connectivity index (χ2n) is 7.11. The highest BCUT2D eigenvalue weighted by Gasteiger charge is 2.33. The molecule has 0 aliphatic carbocycles. The fourth-order valence-electron chi connectivity index (χ4n) is 3.43. The highest BCUT2D eigenvalue weighted by Crippen LogP contribution is 2.28. The molecule has 0 unspecified atom stereocenters. The average Bonchev–Trinajstić information content (AvgIpc) is 2.69. The topological polar surface area (TPSA) is 68.2 Å². The summed E-state index contributed by atoms with van der Waals surface area (Å²) >= 11 is 0. The van der Waals surface area contributed by atoms with E-state index in [9.17, 15) is 4.79 Å². The maximum Gasteiger partial charge on any atom is 0.293 e. The van der Waals surface area contributed by atoms with E-state index in [2.05, 4.69) is 47.2 Å². The number of amides is 1. The number of para-hydroxylation sites is 1. The van der Waals surface area contributed by atoms with Crippen molar-refractivity contribution in [1.29, 1.82) is 0 Å². The van der Waals surface area contributed by atoms with Gasteiger partial charge in [0.25, 0.3) is 5.91 Å². The summed E-state index contributed by atoms with van der Waals surface area (Å²) < 4.78 is 6.05. The molecule has 6 heteroatoms. The Morgan fingerprint density at radius 3 is 2.70 bits per heavy atom. The fraction of sp³-hybridized carbons (Fsp3) is 0.333. The first-order chi connectivity index (χ1) is 13.0. The first kappa shape index (κ1) is 17.5. The zero-order valence-corrected chi connectivity index (χ0v) is 15.7. The van der Waals surface area contributed by atoms with E-state index in [4.69, 9.17) is 4.74 Å². The molecule has 6 nitrogen and oxygen atoms in total. The summed E-state index contributed by atoms with van der Waals surface area (Å²) in [7, 11) is 0. The minimum atomic E-state index is -0.209. The number of nitrogens with zero attached hydrogens (tertiary/aromatic N) is 4. The standard InChI is InChI=1S/C21H22N4O2/c1-13-8-9-14(2)16(10-13)19-11-25(15(3)12-27-19)21(26)20-22-17-6-4-5-7-18(17)23-24-20/h4-10,15,19H,11-12H2,1-3H3/t15-,19+/m1/s1. The molecule has 0 saturated carbocycles. The van der Waals surface area contributed by atoms with Gasteiger partial charge in [0, 0.05) is 0 Å². The largest absolute Gasteiger partial charge is 0.370 e. The highest BCUT2D eigenvalue weighted by atomic mass is 16.5. The van der Waals surface area contributed by atoms with E-state index in [0.717, 1.165) is 11.1 Å². The number of fused-ring (bicyclic) bond motifs is 1. The van der Waals surface area contributed by atoms with E-state index < -0.39 is 0 Å². The van der Waals surface area contributed by atoms with Crippen LogP contribution in [0, 0.1) is 13.8 Å². The van der Waals surface area contributed by atoms with Crippen molar-refractivity contribution in [3.05, 3.63) is 65.0 Å². The van der Waals surface area contributed by atoms with Gasteiger partial charge in [0.05, 0.1) is 24.7 Å². The predicted octanol–water partition coefficient (Wildman–Crippen LogP) is 3.24. The van der Waals surface area contributed by atoms with E-state index >= 15 is 0 Å². The maximum atomic E-state index is 13.1. The lowest BCUT2D eigenvalue weighted by atomic mass is 9.99. The monoisotopic (exact) mass is 362 g/mol. The minimum absolute atomic E-state index is 0.0473. The van der Waals surface area contributed by atoms with Crippen molar-refractivity contribution in [1.82, 2.24) is 20.1 Å². The summed E-state index contributed by atoms with van der Waals surface area (Å²) in [6.45, 7) is 7.06. The van der Waals surface area contributed by atoms with Crippen LogP contribution in [0.5, 0.6) is 0 Å². The molecule has 3 aromatic rings. The van der Waals surface area contributed by atoms with Gasteiger partial charge in [-0.3, -0.25) is 4.79 Å². The first-order valence-electron chi connectivity index (χ1n) is 9.12. The second-order valence-corrected chi connectivity index (χ2v) is 7.11. The number of carbonyl (C=O) groups excluding carboxylic acids is 1. The lowest BCUT2D eigenvalue weighted by Gasteiger charge is -2.38. The van der Waals surface area contributed by atoms with Crippen molar-refractivity contribution in [3.63, 3.8) is 0 Å². The van der Waals surface area contributed by atoms with Gasteiger partial charge in [0.1, 0.15) is 11.6 Å². The van der Waals surface area contributed by atoms with Crippen LogP contribution in [0.2, 0.25) is 0 Å². The molecule has 27 heavy (non-hydrogen) atoms. The Morgan fingerprint density at radius 2 is 1.89 bits per heavy atom. The summed E-state index contributed by atoms with van der Waals surface area (Å²) in [5.41, 5.74) is 4.81. The molecular weight excluding hydrogens is 340 g/mol.